The molecule has 0 aliphatic carbocycles. The molecule has 0 atom stereocenters. The van der Waals surface area contributed by atoms with E-state index in [1.807, 2.05) is 12.3 Å². The first kappa shape index (κ1) is 14.0. The molecule has 0 N–H and O–H groups in total. The Bertz CT molecular complexity index is 287. The normalized spacial score (nSPS) is 14.3. The van der Waals surface area contributed by atoms with Gasteiger partial charge in [0.15, 0.2) is 0 Å². The van der Waals surface area contributed by atoms with Crippen molar-refractivity contribution in [3.8, 4) is 12.3 Å². The molecular formula is C14H23N. The molecule has 1 heteroatoms. The summed E-state index contributed by atoms with van der Waals surface area (Å²) in [7, 11) is 0. The second-order valence-corrected chi connectivity index (χ2v) is 6.03. The van der Waals surface area contributed by atoms with Gasteiger partial charge in [0.05, 0.1) is 0 Å². The van der Waals surface area contributed by atoms with Crippen molar-refractivity contribution >= 4 is 6.21 Å². The predicted octanol–water partition coefficient (Wildman–Crippen LogP) is 3.71. The topological polar surface area (TPSA) is 12.4 Å². The fourth-order valence-electron chi connectivity index (χ4n) is 0.968. The summed E-state index contributed by atoms with van der Waals surface area (Å²) >= 11 is 0. The van der Waals surface area contributed by atoms with E-state index >= 15 is 0 Å². The molecule has 0 amide bonds. The van der Waals surface area contributed by atoms with E-state index in [0.717, 1.165) is 12.1 Å². The van der Waals surface area contributed by atoms with Gasteiger partial charge in [0.1, 0.15) is 0 Å². The molecule has 0 fully saturated rings. The van der Waals surface area contributed by atoms with Crippen molar-refractivity contribution in [1.82, 2.24) is 0 Å². The minimum Gasteiger partial charge on any atom is -0.293 e. The molecule has 0 aliphatic heterocycles. The molecule has 0 aromatic rings. The van der Waals surface area contributed by atoms with Crippen LogP contribution in [0.25, 0.3) is 0 Å². The van der Waals surface area contributed by atoms with Crippen molar-refractivity contribution in [2.45, 2.75) is 41.5 Å². The zero-order valence-corrected chi connectivity index (χ0v) is 10.9. The molecule has 0 spiro atoms. The molecule has 0 heterocycles. The van der Waals surface area contributed by atoms with Crippen LogP contribution in [0, 0.1) is 23.2 Å². The number of nitrogens with zero attached hydrogens (tertiary/aromatic N) is 1. The van der Waals surface area contributed by atoms with Gasteiger partial charge in [0.2, 0.25) is 0 Å². The van der Waals surface area contributed by atoms with Crippen LogP contribution < -0.4 is 0 Å². The molecule has 0 aromatic carbocycles. The van der Waals surface area contributed by atoms with Gasteiger partial charge in [-0.2, -0.15) is 0 Å². The summed E-state index contributed by atoms with van der Waals surface area (Å²) < 4.78 is 0. The molecule has 0 bridgehead atoms. The van der Waals surface area contributed by atoms with E-state index in [0.29, 0.717) is 0 Å². The molecule has 15 heavy (non-hydrogen) atoms. The van der Waals surface area contributed by atoms with Gasteiger partial charge >= 0.3 is 0 Å². The number of terminal acetylenes is 1. The molecule has 84 valence electrons. The van der Waals surface area contributed by atoms with E-state index in [-0.39, 0.29) is 10.8 Å². The zero-order valence-electron chi connectivity index (χ0n) is 10.9. The molecule has 1 nitrogen and oxygen atoms in total. The van der Waals surface area contributed by atoms with E-state index in [4.69, 9.17) is 6.42 Å². The van der Waals surface area contributed by atoms with Gasteiger partial charge in [-0.25, -0.2) is 0 Å². The SMILES string of the molecule is C#C/C(=C\C=N/CC(C)(C)C)C(C)(C)C. The van der Waals surface area contributed by atoms with Crippen LogP contribution in [0.1, 0.15) is 41.5 Å². The Kier molecular flexibility index (Phi) is 4.81. The van der Waals surface area contributed by atoms with Crippen molar-refractivity contribution < 1.29 is 0 Å². The predicted molar refractivity (Wildman–Crippen MR) is 69.2 cm³/mol. The van der Waals surface area contributed by atoms with Crippen LogP contribution in [0.2, 0.25) is 0 Å². The van der Waals surface area contributed by atoms with Crippen LogP contribution in [0.4, 0.5) is 0 Å². The van der Waals surface area contributed by atoms with Crippen molar-refractivity contribution in [3.05, 3.63) is 11.6 Å². The van der Waals surface area contributed by atoms with Gasteiger partial charge in [-0.3, -0.25) is 4.99 Å². The monoisotopic (exact) mass is 205 g/mol. The maximum absolute atomic E-state index is 5.45. The second-order valence-electron chi connectivity index (χ2n) is 6.03. The number of hydrogen-bond donors (Lipinski definition) is 0. The fraction of sp³-hybridized carbons (Fsp3) is 0.643. The summed E-state index contributed by atoms with van der Waals surface area (Å²) in [5.41, 5.74) is 1.25. The minimum absolute atomic E-state index is 0.0303. The van der Waals surface area contributed by atoms with Gasteiger partial charge in [-0.1, -0.05) is 47.5 Å². The molecule has 0 aromatic heterocycles. The second kappa shape index (κ2) is 5.16. The number of rotatable bonds is 2. The van der Waals surface area contributed by atoms with E-state index in [1.54, 1.807) is 0 Å². The Labute approximate surface area is 94.7 Å². The summed E-state index contributed by atoms with van der Waals surface area (Å²) in [4.78, 5) is 4.35. The Morgan fingerprint density at radius 3 is 2.07 bits per heavy atom. The minimum atomic E-state index is 0.0303. The Hall–Kier alpha value is -1.03. The maximum Gasteiger partial charge on any atom is 0.0437 e. The summed E-state index contributed by atoms with van der Waals surface area (Å²) in [5.74, 6) is 2.71. The van der Waals surface area contributed by atoms with E-state index < -0.39 is 0 Å². The van der Waals surface area contributed by atoms with Gasteiger partial charge < -0.3 is 0 Å². The first-order valence-corrected chi connectivity index (χ1v) is 5.34. The first-order chi connectivity index (χ1) is 6.67. The Morgan fingerprint density at radius 1 is 1.20 bits per heavy atom. The van der Waals surface area contributed by atoms with Crippen LogP contribution >= 0.6 is 0 Å². The number of allylic oxidation sites excluding steroid dienone is 2. The maximum atomic E-state index is 5.45. The van der Waals surface area contributed by atoms with Crippen molar-refractivity contribution in [1.29, 1.82) is 0 Å². The van der Waals surface area contributed by atoms with Crippen molar-refractivity contribution in [2.75, 3.05) is 6.54 Å². The lowest BCUT2D eigenvalue weighted by Crippen LogP contribution is -2.10. The van der Waals surface area contributed by atoms with E-state index in [1.165, 1.54) is 0 Å². The third kappa shape index (κ3) is 6.96. The summed E-state index contributed by atoms with van der Waals surface area (Å²) in [6, 6.07) is 0. The Balaban J connectivity index is 4.46. The first-order valence-electron chi connectivity index (χ1n) is 5.34. The van der Waals surface area contributed by atoms with Crippen LogP contribution in [0.15, 0.2) is 16.6 Å². The molecule has 0 rings (SSSR count). The zero-order chi connectivity index (χ0) is 12.1. The van der Waals surface area contributed by atoms with Crippen molar-refractivity contribution in [3.63, 3.8) is 0 Å². The Morgan fingerprint density at radius 2 is 1.73 bits per heavy atom. The molecule has 0 saturated heterocycles. The smallest absolute Gasteiger partial charge is 0.0437 e. The third-order valence-corrected chi connectivity index (χ3v) is 1.88. The van der Waals surface area contributed by atoms with Crippen LogP contribution in [0.5, 0.6) is 0 Å². The van der Waals surface area contributed by atoms with Gasteiger partial charge in [-0.05, 0) is 16.9 Å². The van der Waals surface area contributed by atoms with Gasteiger partial charge in [-0.15, -0.1) is 6.42 Å². The molecular weight excluding hydrogens is 182 g/mol. The summed E-state index contributed by atoms with van der Waals surface area (Å²) in [6.07, 6.45) is 9.21. The van der Waals surface area contributed by atoms with Gasteiger partial charge in [0, 0.05) is 18.3 Å². The quantitative estimate of drug-likeness (QED) is 0.481. The lowest BCUT2D eigenvalue weighted by molar-refractivity contribution is 0.430. The highest BCUT2D eigenvalue weighted by Gasteiger charge is 2.14. The third-order valence-electron chi connectivity index (χ3n) is 1.88. The van der Waals surface area contributed by atoms with Crippen molar-refractivity contribution in [2.24, 2.45) is 15.8 Å². The highest BCUT2D eigenvalue weighted by atomic mass is 14.7. The average Bonchev–Trinajstić information content (AvgIpc) is 1.99. The van der Waals surface area contributed by atoms with Gasteiger partial charge in [0.25, 0.3) is 0 Å². The average molecular weight is 205 g/mol. The van der Waals surface area contributed by atoms with Crippen LogP contribution in [-0.2, 0) is 0 Å². The highest BCUT2D eigenvalue weighted by molar-refractivity contribution is 5.74. The molecule has 0 aliphatic rings. The largest absolute Gasteiger partial charge is 0.293 e. The van der Waals surface area contributed by atoms with Crippen LogP contribution in [-0.4, -0.2) is 12.8 Å². The fourth-order valence-corrected chi connectivity index (χ4v) is 0.968. The summed E-state index contributed by atoms with van der Waals surface area (Å²) in [5, 5.41) is 0. The molecule has 0 saturated carbocycles. The molecule has 0 radical (unpaired) electrons. The van der Waals surface area contributed by atoms with Crippen LogP contribution in [0.3, 0.4) is 0 Å². The standard InChI is InChI=1S/C14H23N/c1-8-12(14(5,6)7)9-10-15-11-13(2,3)4/h1,9-10H,11H2,2-7H3/b12-9+,15-10-. The highest BCUT2D eigenvalue weighted by Crippen LogP contribution is 2.23. The molecule has 0 unspecified atom stereocenters. The summed E-state index contributed by atoms with van der Waals surface area (Å²) in [6.45, 7) is 13.6. The van der Waals surface area contributed by atoms with E-state index in [9.17, 15) is 0 Å². The number of aliphatic imine (C=N–C) groups is 1. The number of hydrogen-bond acceptors (Lipinski definition) is 1. The lowest BCUT2D eigenvalue weighted by Gasteiger charge is -2.17. The lowest BCUT2D eigenvalue weighted by atomic mass is 9.87. The van der Waals surface area contributed by atoms with E-state index in [2.05, 4.69) is 52.5 Å².